The Labute approximate surface area is 198 Å². The monoisotopic (exact) mass is 515 g/mol. The van der Waals surface area contributed by atoms with Crippen LogP contribution in [0.2, 0.25) is 0 Å². The summed E-state index contributed by atoms with van der Waals surface area (Å²) in [6.45, 7) is -0.0644. The number of aliphatic hydroxyl groups excluding tert-OH is 3. The minimum absolute atomic E-state index is 0.547. The molecular formula is C19H26N5O10P. The van der Waals surface area contributed by atoms with Gasteiger partial charge in [0.1, 0.15) is 41.7 Å². The number of hydrogen-bond donors (Lipinski definition) is 7. The minimum Gasteiger partial charge on any atom is -0.497 e. The number of nitrogens with one attached hydrogen (secondary N) is 2. The number of fused-ring (bicyclic) bond motifs is 1. The van der Waals surface area contributed by atoms with Crippen LogP contribution in [0.3, 0.4) is 0 Å². The highest BCUT2D eigenvalue weighted by Crippen LogP contribution is 2.37. The van der Waals surface area contributed by atoms with E-state index in [2.05, 4.69) is 34.5 Å². The number of aliphatic hydroxyl groups is 3. The summed E-state index contributed by atoms with van der Waals surface area (Å²) in [7, 11) is -1.36. The summed E-state index contributed by atoms with van der Waals surface area (Å²) in [5.41, 5.74) is 2.38. The first-order chi connectivity index (χ1) is 16.6. The van der Waals surface area contributed by atoms with Crippen molar-refractivity contribution in [2.24, 2.45) is 0 Å². The van der Waals surface area contributed by atoms with Gasteiger partial charge in [-0.25, -0.2) is 19.5 Å². The van der Waals surface area contributed by atoms with Crippen LogP contribution in [0.25, 0.3) is 11.2 Å². The van der Waals surface area contributed by atoms with Crippen LogP contribution < -0.4 is 14.8 Å². The Morgan fingerprint density at radius 3 is 2.51 bits per heavy atom. The van der Waals surface area contributed by atoms with Gasteiger partial charge in [-0.2, -0.15) is 0 Å². The molecule has 0 bridgehead atoms. The van der Waals surface area contributed by atoms with Gasteiger partial charge in [0.25, 0.3) is 0 Å². The Bertz CT molecular complexity index is 1160. The number of methoxy groups -OCH3 is 2. The van der Waals surface area contributed by atoms with Gasteiger partial charge in [-0.05, 0) is 18.2 Å². The van der Waals surface area contributed by atoms with Crippen molar-refractivity contribution in [3.05, 3.63) is 36.4 Å². The topological polar surface area (TPSA) is 222 Å². The van der Waals surface area contributed by atoms with Gasteiger partial charge in [0.05, 0.1) is 27.2 Å². The fourth-order valence-corrected chi connectivity index (χ4v) is 3.48. The maximum absolute atomic E-state index is 10.3. The lowest BCUT2D eigenvalue weighted by molar-refractivity contribution is -0.132. The van der Waals surface area contributed by atoms with Gasteiger partial charge in [-0.1, -0.05) is 0 Å². The summed E-state index contributed by atoms with van der Waals surface area (Å²) in [5.74, 6) is 2.27. The zero-order valence-electron chi connectivity index (χ0n) is 18.7. The Hall–Kier alpha value is -2.88. The number of phosphoric ester groups is 1. The highest BCUT2D eigenvalue weighted by molar-refractivity contribution is 7.46. The second-order valence-electron chi connectivity index (χ2n) is 7.19. The molecule has 0 saturated carbocycles. The summed E-state index contributed by atoms with van der Waals surface area (Å²) in [4.78, 5) is 32.1. The van der Waals surface area contributed by atoms with E-state index in [0.717, 1.165) is 22.6 Å². The van der Waals surface area contributed by atoms with Crippen LogP contribution in [0.15, 0.2) is 30.9 Å². The number of imidazole rings is 1. The molecule has 15 nitrogen and oxygen atoms in total. The van der Waals surface area contributed by atoms with Gasteiger partial charge in [-0.3, -0.25) is 4.52 Å². The molecule has 1 aliphatic rings. The number of aromatic amines is 1. The molecular weight excluding hydrogens is 489 g/mol. The van der Waals surface area contributed by atoms with Crippen molar-refractivity contribution < 1.29 is 48.4 Å². The minimum atomic E-state index is -4.64. The van der Waals surface area contributed by atoms with Gasteiger partial charge < -0.3 is 49.6 Å². The predicted octanol–water partition coefficient (Wildman–Crippen LogP) is -0.483. The molecule has 0 radical (unpaired) electrons. The number of anilines is 1. The molecule has 1 unspecified atom stereocenters. The molecule has 4 rings (SSSR count). The average Bonchev–Trinajstić information content (AvgIpc) is 3.42. The average molecular weight is 515 g/mol. The third-order valence-corrected chi connectivity index (χ3v) is 5.39. The number of ether oxygens (including phenoxy) is 3. The third kappa shape index (κ3) is 7.06. The lowest BCUT2D eigenvalue weighted by atomic mass is 10.1. The molecule has 3 aromatic rings. The molecule has 1 saturated heterocycles. The van der Waals surface area contributed by atoms with Crippen LogP contribution in [0, 0.1) is 0 Å². The number of nitrogens with zero attached hydrogens (tertiary/aromatic N) is 3. The van der Waals surface area contributed by atoms with E-state index in [9.17, 15) is 4.57 Å². The van der Waals surface area contributed by atoms with Gasteiger partial charge in [0.15, 0.2) is 17.8 Å². The number of benzene rings is 1. The molecule has 0 aliphatic carbocycles. The van der Waals surface area contributed by atoms with E-state index in [1.807, 2.05) is 18.2 Å². The molecule has 4 atom stereocenters. The van der Waals surface area contributed by atoms with Crippen LogP contribution in [0.4, 0.5) is 5.82 Å². The molecule has 0 amide bonds. The number of hydrogen-bond acceptors (Lipinski definition) is 12. The molecule has 2 aromatic heterocycles. The molecule has 1 fully saturated rings. The zero-order chi connectivity index (χ0) is 25.6. The molecule has 192 valence electrons. The summed E-state index contributed by atoms with van der Waals surface area (Å²) in [5, 5.41) is 30.3. The van der Waals surface area contributed by atoms with Crippen molar-refractivity contribution in [2.75, 3.05) is 26.1 Å². The van der Waals surface area contributed by atoms with Crippen molar-refractivity contribution in [3.8, 4) is 11.5 Å². The molecule has 1 aliphatic heterocycles. The van der Waals surface area contributed by atoms with Crippen LogP contribution in [-0.4, -0.2) is 90.5 Å². The largest absolute Gasteiger partial charge is 0.497 e. The second kappa shape index (κ2) is 11.7. The predicted molar refractivity (Wildman–Crippen MR) is 119 cm³/mol. The van der Waals surface area contributed by atoms with E-state index in [-0.39, 0.29) is 0 Å². The highest BCUT2D eigenvalue weighted by atomic mass is 31.2. The summed E-state index contributed by atoms with van der Waals surface area (Å²) in [6.07, 6.45) is -2.59. The second-order valence-corrected chi connectivity index (χ2v) is 8.43. The Balaban J connectivity index is 0.000000214. The Morgan fingerprint density at radius 2 is 1.89 bits per heavy atom. The first kappa shape index (κ1) is 26.7. The number of H-pyrrole nitrogens is 1. The third-order valence-electron chi connectivity index (χ3n) is 4.90. The number of phosphoric acid groups is 1. The molecule has 1 aromatic carbocycles. The van der Waals surface area contributed by atoms with Crippen LogP contribution >= 0.6 is 7.82 Å². The quantitative estimate of drug-likeness (QED) is 0.188. The van der Waals surface area contributed by atoms with E-state index >= 15 is 0 Å². The smallest absolute Gasteiger partial charge is 0.469 e. The molecule has 0 spiro atoms. The van der Waals surface area contributed by atoms with Crippen molar-refractivity contribution in [1.82, 2.24) is 19.9 Å². The summed E-state index contributed by atoms with van der Waals surface area (Å²) < 4.78 is 29.5. The fourth-order valence-electron chi connectivity index (χ4n) is 3.14. The summed E-state index contributed by atoms with van der Waals surface area (Å²) in [6, 6.07) is 5.67. The molecule has 7 N–H and O–H groups in total. The standard InChI is InChI=1S/C14H15N5O2.C5H11O8P/c1-20-10-3-4-11(21-2)9(5-10)6-15-13-12-14(17-7-16-12)19-8-18-13;6-3-2(1-12-14(9,10)11)13-5(8)4(3)7/h3-5,7-8H,6H2,1-2H3,(H2,15,16,17,18,19);2-8H,1H2,(H2,9,10,11)/t;2-,3-,4-,5?/m.1/s1. The van der Waals surface area contributed by atoms with Crippen LogP contribution in [0.1, 0.15) is 5.56 Å². The lowest BCUT2D eigenvalue weighted by Gasteiger charge is -2.14. The van der Waals surface area contributed by atoms with Gasteiger partial charge >= 0.3 is 7.82 Å². The fraction of sp³-hybridized carbons (Fsp3) is 0.421. The summed E-state index contributed by atoms with van der Waals surface area (Å²) >= 11 is 0. The van der Waals surface area contributed by atoms with E-state index in [1.54, 1.807) is 20.5 Å². The van der Waals surface area contributed by atoms with Crippen molar-refractivity contribution in [2.45, 2.75) is 31.1 Å². The number of rotatable bonds is 8. The molecule has 3 heterocycles. The molecule has 35 heavy (non-hydrogen) atoms. The zero-order valence-corrected chi connectivity index (χ0v) is 19.6. The maximum Gasteiger partial charge on any atom is 0.469 e. The lowest BCUT2D eigenvalue weighted by Crippen LogP contribution is -2.34. The number of aromatic nitrogens is 4. The Morgan fingerprint density at radius 1 is 1.11 bits per heavy atom. The van der Waals surface area contributed by atoms with E-state index in [4.69, 9.17) is 34.6 Å². The van der Waals surface area contributed by atoms with Gasteiger partial charge in [0.2, 0.25) is 0 Å². The van der Waals surface area contributed by atoms with E-state index in [1.165, 1.54) is 6.33 Å². The molecule has 16 heteroatoms. The van der Waals surface area contributed by atoms with E-state index in [0.29, 0.717) is 18.0 Å². The van der Waals surface area contributed by atoms with Crippen molar-refractivity contribution >= 4 is 24.8 Å². The SMILES string of the molecule is COc1ccc(OC)c(CNc2ncnc3nc[nH]c23)c1.O=P(O)(O)OC[C@H]1OC(O)[C@H](O)[C@@H]1O. The maximum atomic E-state index is 10.3. The van der Waals surface area contributed by atoms with Crippen molar-refractivity contribution in [1.29, 1.82) is 0 Å². The Kier molecular flexibility index (Phi) is 8.93. The first-order valence-electron chi connectivity index (χ1n) is 10.1. The van der Waals surface area contributed by atoms with Crippen molar-refractivity contribution in [3.63, 3.8) is 0 Å². The van der Waals surface area contributed by atoms with Crippen LogP contribution in [0.5, 0.6) is 11.5 Å². The normalized spacial score (nSPS) is 21.9. The highest BCUT2D eigenvalue weighted by Gasteiger charge is 2.42. The van der Waals surface area contributed by atoms with Gasteiger partial charge in [-0.15, -0.1) is 0 Å². The van der Waals surface area contributed by atoms with Gasteiger partial charge in [0, 0.05) is 12.1 Å². The van der Waals surface area contributed by atoms with E-state index < -0.39 is 39.0 Å². The first-order valence-corrected chi connectivity index (χ1v) is 11.6. The van der Waals surface area contributed by atoms with Crippen LogP contribution in [-0.2, 0) is 20.4 Å².